The van der Waals surface area contributed by atoms with E-state index in [0.29, 0.717) is 18.9 Å². The summed E-state index contributed by atoms with van der Waals surface area (Å²) in [5.41, 5.74) is 1.94. The second kappa shape index (κ2) is 14.1. The first kappa shape index (κ1) is 28.0. The molecule has 0 amide bonds. The quantitative estimate of drug-likeness (QED) is 0.510. The van der Waals surface area contributed by atoms with Gasteiger partial charge >= 0.3 is 18.9 Å². The van der Waals surface area contributed by atoms with Gasteiger partial charge in [-0.15, -0.1) is 6.54 Å². The number of sulfone groups is 1. The molecule has 7 heteroatoms. The predicted octanol–water partition coefficient (Wildman–Crippen LogP) is 1.52. The summed E-state index contributed by atoms with van der Waals surface area (Å²) >= 11 is 5.70. The molecule has 0 aliphatic rings. The maximum atomic E-state index is 11.4. The molecule has 1 unspecified atom stereocenters. The second-order valence-electron chi connectivity index (χ2n) is 6.38. The second-order valence-corrected chi connectivity index (χ2v) is 9.19. The number of halogens is 1. The van der Waals surface area contributed by atoms with Gasteiger partial charge < -0.3 is 30.8 Å². The summed E-state index contributed by atoms with van der Waals surface area (Å²) in [5.74, 6) is 0.698. The van der Waals surface area contributed by atoms with Gasteiger partial charge in [0.1, 0.15) is 5.75 Å². The van der Waals surface area contributed by atoms with Crippen LogP contribution < -0.4 is 28.9 Å². The normalized spacial score (nSPS) is 12.8. The molecule has 0 fully saturated rings. The van der Waals surface area contributed by atoms with E-state index in [1.165, 1.54) is 11.8 Å². The number of rotatable bonds is 8. The van der Waals surface area contributed by atoms with Crippen LogP contribution in [0.4, 0.5) is 0 Å². The Morgan fingerprint density at radius 1 is 1.14 bits per heavy atom. The van der Waals surface area contributed by atoms with Crippen LogP contribution in [0.1, 0.15) is 23.3 Å². The molecule has 2 aromatic carbocycles. The van der Waals surface area contributed by atoms with Crippen molar-refractivity contribution in [2.75, 3.05) is 19.4 Å². The van der Waals surface area contributed by atoms with Gasteiger partial charge in [-0.25, -0.2) is 8.42 Å². The maximum Gasteiger partial charge on any atom is 1.00 e. The molecule has 0 aliphatic carbocycles. The summed E-state index contributed by atoms with van der Waals surface area (Å²) in [6.45, 7) is 14.0. The van der Waals surface area contributed by atoms with E-state index in [4.69, 9.17) is 16.3 Å². The van der Waals surface area contributed by atoms with Gasteiger partial charge in [-0.2, -0.15) is 6.42 Å². The van der Waals surface area contributed by atoms with Crippen molar-refractivity contribution in [3.63, 3.8) is 0 Å². The molecular formula is C22H29ClLiNO3S-2. The van der Waals surface area contributed by atoms with Crippen LogP contribution in [-0.2, 0) is 16.3 Å². The molecule has 0 heterocycles. The van der Waals surface area contributed by atoms with E-state index in [9.17, 15) is 8.42 Å². The Bertz CT molecular complexity index is 813. The largest absolute Gasteiger partial charge is 1.00 e. The fraction of sp³-hybridized carbons (Fsp3) is 0.318. The summed E-state index contributed by atoms with van der Waals surface area (Å²) < 4.78 is 28.4. The fourth-order valence-electron chi connectivity index (χ4n) is 2.23. The third-order valence-electron chi connectivity index (χ3n) is 4.05. The average Bonchev–Trinajstić information content (AvgIpc) is 2.66. The molecule has 0 aliphatic heterocycles. The standard InChI is InChI=1S/C14H21NO3S.C8H8Cl.Li/c1-5-15-11(2)10-18-14-8-6-13(7-9-14)12(3)19(4,16)17;1-2-7-4-3-5-8(9)6-7;/h6-9,11-12,15H,1-2,5,10H2,3-4H3;3-6H,1-2H2;/q-2;-1;+1/t11-,12?;;/m0../s1. The molecule has 0 bridgehead atoms. The molecular weight excluding hydrogens is 401 g/mol. The number of hydrogen-bond donors (Lipinski definition) is 1. The molecule has 2 atom stereocenters. The molecule has 156 valence electrons. The van der Waals surface area contributed by atoms with Crippen molar-refractivity contribution in [3.05, 3.63) is 85.5 Å². The van der Waals surface area contributed by atoms with Crippen LogP contribution in [-0.4, -0.2) is 33.9 Å². The van der Waals surface area contributed by atoms with Crippen molar-refractivity contribution >= 4 is 21.4 Å². The first-order chi connectivity index (χ1) is 13.2. The van der Waals surface area contributed by atoms with Gasteiger partial charge in [0, 0.05) is 11.3 Å². The Kier molecular flexibility index (Phi) is 13.6. The predicted molar refractivity (Wildman–Crippen MR) is 118 cm³/mol. The minimum absolute atomic E-state index is 0. The summed E-state index contributed by atoms with van der Waals surface area (Å²) in [5, 5.41) is 3.32. The molecule has 29 heavy (non-hydrogen) atoms. The summed E-state index contributed by atoms with van der Waals surface area (Å²) in [6, 6.07) is 14.8. The van der Waals surface area contributed by atoms with Gasteiger partial charge in [0.25, 0.3) is 0 Å². The Morgan fingerprint density at radius 3 is 2.21 bits per heavy atom. The zero-order valence-electron chi connectivity index (χ0n) is 17.5. The van der Waals surface area contributed by atoms with Crippen molar-refractivity contribution < 1.29 is 32.0 Å². The van der Waals surface area contributed by atoms with Crippen LogP contribution in [0.3, 0.4) is 0 Å². The monoisotopic (exact) mass is 429 g/mol. The smallest absolute Gasteiger partial charge is 0.495 e. The molecule has 2 rings (SSSR count). The third kappa shape index (κ3) is 11.1. The first-order valence-electron chi connectivity index (χ1n) is 8.98. The summed E-state index contributed by atoms with van der Waals surface area (Å²) in [6.07, 6.45) is 2.04. The van der Waals surface area contributed by atoms with Crippen LogP contribution in [0.5, 0.6) is 5.75 Å². The van der Waals surface area contributed by atoms with Crippen LogP contribution in [0, 0.1) is 20.8 Å². The average molecular weight is 430 g/mol. The molecule has 4 nitrogen and oxygen atoms in total. The molecule has 0 radical (unpaired) electrons. The van der Waals surface area contributed by atoms with E-state index >= 15 is 0 Å². The summed E-state index contributed by atoms with van der Waals surface area (Å²) in [4.78, 5) is 0. The topological polar surface area (TPSA) is 55.4 Å². The van der Waals surface area contributed by atoms with Crippen LogP contribution in [0.25, 0.3) is 0 Å². The van der Waals surface area contributed by atoms with Gasteiger partial charge in [0.2, 0.25) is 0 Å². The Morgan fingerprint density at radius 2 is 1.76 bits per heavy atom. The first-order valence-corrected chi connectivity index (χ1v) is 11.3. The molecule has 0 spiro atoms. The van der Waals surface area contributed by atoms with E-state index in [1.54, 1.807) is 31.2 Å². The van der Waals surface area contributed by atoms with E-state index in [-0.39, 0.29) is 24.9 Å². The van der Waals surface area contributed by atoms with Crippen molar-refractivity contribution in [3.8, 4) is 5.75 Å². The van der Waals surface area contributed by atoms with Gasteiger partial charge in [-0.05, 0) is 36.8 Å². The van der Waals surface area contributed by atoms with Gasteiger partial charge in [0.15, 0.2) is 9.84 Å². The molecule has 0 saturated heterocycles. The number of nitrogens with one attached hydrogen (secondary N) is 1. The van der Waals surface area contributed by atoms with Gasteiger partial charge in [-0.3, -0.25) is 0 Å². The summed E-state index contributed by atoms with van der Waals surface area (Å²) in [7, 11) is -3.07. The molecule has 0 saturated carbocycles. The van der Waals surface area contributed by atoms with E-state index in [0.717, 1.165) is 17.0 Å². The van der Waals surface area contributed by atoms with Crippen LogP contribution >= 0.6 is 11.6 Å². The maximum absolute atomic E-state index is 11.4. The number of benzene rings is 2. The zero-order chi connectivity index (χ0) is 21.2. The Labute approximate surface area is 193 Å². The molecule has 2 aromatic rings. The van der Waals surface area contributed by atoms with E-state index in [1.807, 2.05) is 24.3 Å². The van der Waals surface area contributed by atoms with E-state index in [2.05, 4.69) is 26.1 Å². The van der Waals surface area contributed by atoms with Gasteiger partial charge in [0.05, 0.1) is 11.9 Å². The zero-order valence-corrected chi connectivity index (χ0v) is 19.1. The minimum Gasteiger partial charge on any atom is -0.495 e. The number of hydrogen-bond acceptors (Lipinski definition) is 4. The SMILES string of the molecule is [CH2-]CN[C@@H]([CH2-])COc1ccc(C(C)S(C)(=O)=O)cc1.[CH2-]Cc1cccc(Cl)c1.[Li+]. The van der Waals surface area contributed by atoms with Crippen LogP contribution in [0.15, 0.2) is 48.5 Å². The number of ether oxygens (including phenoxy) is 1. The van der Waals surface area contributed by atoms with Crippen LogP contribution in [0.2, 0.25) is 5.02 Å². The Hall–Kier alpha value is -0.963. The molecule has 0 aromatic heterocycles. The van der Waals surface area contributed by atoms with Crippen molar-refractivity contribution in [1.29, 1.82) is 0 Å². The van der Waals surface area contributed by atoms with Crippen molar-refractivity contribution in [2.24, 2.45) is 0 Å². The van der Waals surface area contributed by atoms with Gasteiger partial charge in [-0.1, -0.05) is 47.5 Å². The van der Waals surface area contributed by atoms with Crippen molar-refractivity contribution in [1.82, 2.24) is 5.32 Å². The molecule has 1 N–H and O–H groups in total. The fourth-order valence-corrected chi connectivity index (χ4v) is 3.10. The minimum atomic E-state index is -3.07. The third-order valence-corrected chi connectivity index (χ3v) is 5.85. The van der Waals surface area contributed by atoms with E-state index < -0.39 is 15.1 Å². The Balaban J connectivity index is 0.000000658. The van der Waals surface area contributed by atoms with Crippen molar-refractivity contribution in [2.45, 2.75) is 24.6 Å².